The van der Waals surface area contributed by atoms with Crippen molar-refractivity contribution in [3.05, 3.63) is 84.2 Å². The van der Waals surface area contributed by atoms with Crippen LogP contribution < -0.4 is 0 Å². The quantitative estimate of drug-likeness (QED) is 0.366. The minimum atomic E-state index is -0.0730. The average molecular weight is 431 g/mol. The van der Waals surface area contributed by atoms with E-state index in [1.54, 1.807) is 0 Å². The fourth-order valence-electron chi connectivity index (χ4n) is 6.19. The summed E-state index contributed by atoms with van der Waals surface area (Å²) in [5.74, 6) is 3.12. The monoisotopic (exact) mass is 430 g/mol. The molecule has 2 aliphatic carbocycles. The molecule has 0 heterocycles. The van der Waals surface area contributed by atoms with Crippen molar-refractivity contribution < 1.29 is 4.39 Å². The zero-order chi connectivity index (χ0) is 22.3. The van der Waals surface area contributed by atoms with Crippen LogP contribution in [0.3, 0.4) is 0 Å². The first-order valence-corrected chi connectivity index (χ1v) is 12.8. The second-order valence-corrected chi connectivity index (χ2v) is 10.1. The van der Waals surface area contributed by atoms with Crippen LogP contribution in [0.4, 0.5) is 4.39 Å². The van der Waals surface area contributed by atoms with Gasteiger partial charge in [-0.3, -0.25) is 0 Å². The highest BCUT2D eigenvalue weighted by Crippen LogP contribution is 2.48. The maximum absolute atomic E-state index is 15.1. The van der Waals surface area contributed by atoms with E-state index in [4.69, 9.17) is 0 Å². The summed E-state index contributed by atoms with van der Waals surface area (Å²) >= 11 is 0. The molecule has 2 saturated carbocycles. The van der Waals surface area contributed by atoms with Crippen molar-refractivity contribution in [2.24, 2.45) is 17.8 Å². The number of hydrogen-bond donors (Lipinski definition) is 0. The van der Waals surface area contributed by atoms with Gasteiger partial charge < -0.3 is 0 Å². The first-order valence-electron chi connectivity index (χ1n) is 12.8. The summed E-state index contributed by atoms with van der Waals surface area (Å²) in [6.07, 6.45) is 19.0. The third-order valence-corrected chi connectivity index (χ3v) is 8.07. The smallest absolute Gasteiger partial charge is 0.131 e. The highest BCUT2D eigenvalue weighted by atomic mass is 19.1. The van der Waals surface area contributed by atoms with Gasteiger partial charge in [-0.25, -0.2) is 4.39 Å². The molecule has 0 aliphatic heterocycles. The largest absolute Gasteiger partial charge is 0.206 e. The minimum Gasteiger partial charge on any atom is -0.206 e. The lowest BCUT2D eigenvalue weighted by atomic mass is 9.63. The van der Waals surface area contributed by atoms with Crippen molar-refractivity contribution in [1.29, 1.82) is 0 Å². The van der Waals surface area contributed by atoms with Crippen LogP contribution in [0.1, 0.15) is 81.8 Å². The molecule has 2 aliphatic rings. The molecule has 2 aromatic carbocycles. The third kappa shape index (κ3) is 5.61. The van der Waals surface area contributed by atoms with Gasteiger partial charge in [-0.1, -0.05) is 61.0 Å². The molecule has 0 aromatic heterocycles. The Hall–Kier alpha value is -2.15. The summed E-state index contributed by atoms with van der Waals surface area (Å²) in [7, 11) is 0. The van der Waals surface area contributed by atoms with Gasteiger partial charge in [0.2, 0.25) is 0 Å². The van der Waals surface area contributed by atoms with Crippen LogP contribution in [-0.4, -0.2) is 0 Å². The molecule has 0 N–H and O–H groups in total. The molecule has 0 saturated heterocycles. The topological polar surface area (TPSA) is 0 Å². The Morgan fingerprint density at radius 3 is 2.47 bits per heavy atom. The average Bonchev–Trinajstić information content (AvgIpc) is 2.83. The number of allylic oxidation sites excluding steroid dienone is 3. The summed E-state index contributed by atoms with van der Waals surface area (Å²) in [6.45, 7) is 5.91. The van der Waals surface area contributed by atoms with E-state index in [0.717, 1.165) is 41.7 Å². The lowest BCUT2D eigenvalue weighted by molar-refractivity contribution is 0.115. The molecule has 4 unspecified atom stereocenters. The molecule has 0 nitrogen and oxygen atoms in total. The maximum Gasteiger partial charge on any atom is 0.131 e. The predicted octanol–water partition coefficient (Wildman–Crippen LogP) is 9.27. The molecular formula is C31H39F. The molecular weight excluding hydrogens is 391 g/mol. The minimum absolute atomic E-state index is 0.0730. The van der Waals surface area contributed by atoms with Crippen LogP contribution in [0.5, 0.6) is 0 Å². The summed E-state index contributed by atoms with van der Waals surface area (Å²) in [4.78, 5) is 0. The van der Waals surface area contributed by atoms with Crippen LogP contribution in [0, 0.1) is 23.6 Å². The molecule has 2 aromatic rings. The highest BCUT2D eigenvalue weighted by molar-refractivity contribution is 5.65. The zero-order valence-corrected chi connectivity index (χ0v) is 19.7. The first kappa shape index (κ1) is 23.0. The first-order chi connectivity index (χ1) is 15.7. The predicted molar refractivity (Wildman–Crippen MR) is 135 cm³/mol. The van der Waals surface area contributed by atoms with Crippen LogP contribution in [0.2, 0.25) is 0 Å². The number of fused-ring (bicyclic) bond motifs is 1. The van der Waals surface area contributed by atoms with Gasteiger partial charge in [0.15, 0.2) is 0 Å². The molecule has 32 heavy (non-hydrogen) atoms. The number of halogens is 1. The Bertz CT molecular complexity index is 907. The molecule has 170 valence electrons. The van der Waals surface area contributed by atoms with E-state index >= 15 is 4.39 Å². The van der Waals surface area contributed by atoms with E-state index in [-0.39, 0.29) is 5.82 Å². The second kappa shape index (κ2) is 11.1. The van der Waals surface area contributed by atoms with Crippen LogP contribution in [0.25, 0.3) is 11.1 Å². The van der Waals surface area contributed by atoms with Crippen molar-refractivity contribution >= 4 is 0 Å². The van der Waals surface area contributed by atoms with Crippen molar-refractivity contribution in [3.63, 3.8) is 0 Å². The molecule has 0 radical (unpaired) electrons. The van der Waals surface area contributed by atoms with Crippen molar-refractivity contribution in [3.8, 4) is 11.1 Å². The van der Waals surface area contributed by atoms with Gasteiger partial charge >= 0.3 is 0 Å². The Balaban J connectivity index is 1.37. The summed E-state index contributed by atoms with van der Waals surface area (Å²) in [6, 6.07) is 14.4. The SMILES string of the molecule is C=CCCc1ccc(-c2ccc(C3CCC4CC(CC/C=C/C)CCC4C3)cc2F)cc1. The van der Waals surface area contributed by atoms with Crippen molar-refractivity contribution in [2.45, 2.75) is 77.0 Å². The Morgan fingerprint density at radius 1 is 0.938 bits per heavy atom. The van der Waals surface area contributed by atoms with Gasteiger partial charge in [0.25, 0.3) is 0 Å². The standard InChI is InChI=1S/C31H39F/c1-3-5-7-9-24-12-15-27-21-28(17-16-26(27)20-24)29-18-19-30(31(32)22-29)25-13-10-23(11-14-25)8-6-4-2/h3-5,10-11,13-14,18-19,22,24,26-28H,2,6-9,12,15-17,20-21H2,1H3/b5-3+. The van der Waals surface area contributed by atoms with E-state index < -0.39 is 0 Å². The van der Waals surface area contributed by atoms with Crippen LogP contribution >= 0.6 is 0 Å². The maximum atomic E-state index is 15.1. The normalized spacial score (nSPS) is 25.6. The number of hydrogen-bond acceptors (Lipinski definition) is 0. The Labute approximate surface area is 194 Å². The van der Waals surface area contributed by atoms with Gasteiger partial charge in [-0.2, -0.15) is 0 Å². The summed E-state index contributed by atoms with van der Waals surface area (Å²) < 4.78 is 15.1. The molecule has 0 spiro atoms. The van der Waals surface area contributed by atoms with Crippen LogP contribution in [-0.2, 0) is 6.42 Å². The Morgan fingerprint density at radius 2 is 1.72 bits per heavy atom. The molecule has 2 fully saturated rings. The molecule has 0 bridgehead atoms. The highest BCUT2D eigenvalue weighted by Gasteiger charge is 2.35. The van der Waals surface area contributed by atoms with E-state index in [9.17, 15) is 0 Å². The molecule has 0 amide bonds. The molecule has 1 heteroatoms. The van der Waals surface area contributed by atoms with Crippen LogP contribution in [0.15, 0.2) is 67.3 Å². The zero-order valence-electron chi connectivity index (χ0n) is 19.7. The number of rotatable bonds is 8. The fourth-order valence-corrected chi connectivity index (χ4v) is 6.19. The van der Waals surface area contributed by atoms with Gasteiger partial charge in [0, 0.05) is 5.56 Å². The van der Waals surface area contributed by atoms with Gasteiger partial charge in [-0.05, 0) is 111 Å². The van der Waals surface area contributed by atoms with E-state index in [2.05, 4.69) is 56.0 Å². The van der Waals surface area contributed by atoms with Gasteiger partial charge in [0.1, 0.15) is 5.82 Å². The van der Waals surface area contributed by atoms with Crippen molar-refractivity contribution in [2.75, 3.05) is 0 Å². The van der Waals surface area contributed by atoms with Gasteiger partial charge in [0.05, 0.1) is 0 Å². The van der Waals surface area contributed by atoms with E-state index in [0.29, 0.717) is 5.92 Å². The fraction of sp³-hybridized carbons (Fsp3) is 0.484. The Kier molecular flexibility index (Phi) is 8.00. The number of benzene rings is 2. The second-order valence-electron chi connectivity index (χ2n) is 10.1. The third-order valence-electron chi connectivity index (χ3n) is 8.07. The molecule has 4 atom stereocenters. The lowest BCUT2D eigenvalue weighted by Gasteiger charge is -2.42. The van der Waals surface area contributed by atoms with Crippen molar-refractivity contribution in [1.82, 2.24) is 0 Å². The molecule has 4 rings (SSSR count). The number of aryl methyl sites for hydroxylation is 1. The lowest BCUT2D eigenvalue weighted by Crippen LogP contribution is -2.30. The van der Waals surface area contributed by atoms with E-state index in [1.807, 2.05) is 18.2 Å². The van der Waals surface area contributed by atoms with Gasteiger partial charge in [-0.15, -0.1) is 6.58 Å². The van der Waals surface area contributed by atoms with E-state index in [1.165, 1.54) is 62.5 Å². The summed E-state index contributed by atoms with van der Waals surface area (Å²) in [5, 5.41) is 0. The summed E-state index contributed by atoms with van der Waals surface area (Å²) in [5.41, 5.74) is 4.18.